The Kier molecular flexibility index (Phi) is 2.26. The molecule has 1 N–H and O–H groups in total. The molecule has 1 heterocycles. The highest BCUT2D eigenvalue weighted by molar-refractivity contribution is 5.35. The molecule has 1 aromatic carbocycles. The molecule has 2 rings (SSSR count). The predicted molar refractivity (Wildman–Crippen MR) is 56.0 cm³/mol. The summed E-state index contributed by atoms with van der Waals surface area (Å²) in [6.45, 7) is 4.41. The second-order valence-electron chi connectivity index (χ2n) is 4.18. The van der Waals surface area contributed by atoms with Crippen LogP contribution in [0.1, 0.15) is 24.5 Å². The predicted octanol–water partition coefficient (Wildman–Crippen LogP) is 1.81. The summed E-state index contributed by atoms with van der Waals surface area (Å²) in [5.41, 5.74) is 2.33. The summed E-state index contributed by atoms with van der Waals surface area (Å²) in [6, 6.07) is 10.1. The van der Waals surface area contributed by atoms with E-state index in [-0.39, 0.29) is 5.41 Å². The SMILES string of the molecule is CC1(c2ccc(C#N)cc2)CCNC1. The quantitative estimate of drug-likeness (QED) is 0.726. The molecule has 1 aromatic rings. The molecule has 0 radical (unpaired) electrons. The number of rotatable bonds is 1. The number of hydrogen-bond donors (Lipinski definition) is 1. The zero-order chi connectivity index (χ0) is 10.0. The smallest absolute Gasteiger partial charge is 0.0991 e. The maximum Gasteiger partial charge on any atom is 0.0991 e. The van der Waals surface area contributed by atoms with Crippen molar-refractivity contribution in [3.63, 3.8) is 0 Å². The van der Waals surface area contributed by atoms with Crippen LogP contribution >= 0.6 is 0 Å². The molecule has 1 fully saturated rings. The Morgan fingerprint density at radius 1 is 1.36 bits per heavy atom. The van der Waals surface area contributed by atoms with Gasteiger partial charge in [-0.1, -0.05) is 19.1 Å². The molecule has 1 atom stereocenters. The molecule has 1 aliphatic rings. The van der Waals surface area contributed by atoms with Gasteiger partial charge in [0.05, 0.1) is 11.6 Å². The van der Waals surface area contributed by atoms with Gasteiger partial charge in [-0.05, 0) is 30.7 Å². The second-order valence-corrected chi connectivity index (χ2v) is 4.18. The van der Waals surface area contributed by atoms with Crippen LogP contribution in [0.3, 0.4) is 0 Å². The molecule has 0 spiro atoms. The zero-order valence-corrected chi connectivity index (χ0v) is 8.38. The topological polar surface area (TPSA) is 35.8 Å². The summed E-state index contributed by atoms with van der Waals surface area (Å²) in [4.78, 5) is 0. The zero-order valence-electron chi connectivity index (χ0n) is 8.38. The number of nitriles is 1. The van der Waals surface area contributed by atoms with E-state index in [9.17, 15) is 0 Å². The van der Waals surface area contributed by atoms with Crippen LogP contribution in [0.2, 0.25) is 0 Å². The van der Waals surface area contributed by atoms with E-state index in [0.29, 0.717) is 0 Å². The van der Waals surface area contributed by atoms with Gasteiger partial charge in [-0.15, -0.1) is 0 Å². The van der Waals surface area contributed by atoms with Gasteiger partial charge < -0.3 is 5.32 Å². The first-order valence-electron chi connectivity index (χ1n) is 4.96. The Labute approximate surface area is 84.6 Å². The fraction of sp³-hybridized carbons (Fsp3) is 0.417. The third kappa shape index (κ3) is 1.51. The maximum atomic E-state index is 8.70. The van der Waals surface area contributed by atoms with Gasteiger partial charge in [0.25, 0.3) is 0 Å². The van der Waals surface area contributed by atoms with E-state index in [4.69, 9.17) is 5.26 Å². The lowest BCUT2D eigenvalue weighted by atomic mass is 9.82. The van der Waals surface area contributed by atoms with Gasteiger partial charge in [-0.3, -0.25) is 0 Å². The van der Waals surface area contributed by atoms with Gasteiger partial charge >= 0.3 is 0 Å². The number of benzene rings is 1. The minimum absolute atomic E-state index is 0.258. The highest BCUT2D eigenvalue weighted by atomic mass is 14.9. The summed E-state index contributed by atoms with van der Waals surface area (Å²) in [5, 5.41) is 12.1. The van der Waals surface area contributed by atoms with Crippen molar-refractivity contribution in [3.8, 4) is 6.07 Å². The molecule has 0 bridgehead atoms. The molecule has 0 amide bonds. The summed E-state index contributed by atoms with van der Waals surface area (Å²) < 4.78 is 0. The molecule has 1 aliphatic heterocycles. The van der Waals surface area contributed by atoms with E-state index in [0.717, 1.165) is 18.7 Å². The van der Waals surface area contributed by atoms with Gasteiger partial charge in [0.1, 0.15) is 0 Å². The van der Waals surface area contributed by atoms with Crippen LogP contribution in [-0.4, -0.2) is 13.1 Å². The Hall–Kier alpha value is -1.33. The van der Waals surface area contributed by atoms with Crippen LogP contribution in [0.4, 0.5) is 0 Å². The first-order chi connectivity index (χ1) is 6.74. The Balaban J connectivity index is 2.29. The molecule has 14 heavy (non-hydrogen) atoms. The van der Waals surface area contributed by atoms with Crippen LogP contribution in [0, 0.1) is 11.3 Å². The fourth-order valence-corrected chi connectivity index (χ4v) is 2.01. The highest BCUT2D eigenvalue weighted by Crippen LogP contribution is 2.29. The van der Waals surface area contributed by atoms with E-state index < -0.39 is 0 Å². The van der Waals surface area contributed by atoms with Crippen molar-refractivity contribution in [2.75, 3.05) is 13.1 Å². The average Bonchev–Trinajstić information content (AvgIpc) is 2.67. The van der Waals surface area contributed by atoms with Gasteiger partial charge in [-0.25, -0.2) is 0 Å². The van der Waals surface area contributed by atoms with E-state index in [1.54, 1.807) is 0 Å². The van der Waals surface area contributed by atoms with Crippen LogP contribution in [0.15, 0.2) is 24.3 Å². The standard InChI is InChI=1S/C12H14N2/c1-12(6-7-14-9-12)11-4-2-10(8-13)3-5-11/h2-5,14H,6-7,9H2,1H3. The molecule has 0 aromatic heterocycles. The van der Waals surface area contributed by atoms with Gasteiger partial charge in [0.15, 0.2) is 0 Å². The Bertz CT molecular complexity index is 353. The van der Waals surface area contributed by atoms with E-state index in [2.05, 4.69) is 30.4 Å². The van der Waals surface area contributed by atoms with Gasteiger partial charge in [0, 0.05) is 12.0 Å². The summed E-state index contributed by atoms with van der Waals surface area (Å²) >= 11 is 0. The van der Waals surface area contributed by atoms with Crippen LogP contribution < -0.4 is 5.32 Å². The van der Waals surface area contributed by atoms with Crippen LogP contribution in [-0.2, 0) is 5.41 Å². The normalized spacial score (nSPS) is 26.0. The molecule has 1 saturated heterocycles. The lowest BCUT2D eigenvalue weighted by molar-refractivity contribution is 0.525. The van der Waals surface area contributed by atoms with Crippen molar-refractivity contribution in [1.82, 2.24) is 5.32 Å². The summed E-state index contributed by atoms with van der Waals surface area (Å²) in [6.07, 6.45) is 1.18. The Morgan fingerprint density at radius 2 is 2.07 bits per heavy atom. The molecular formula is C12H14N2. The summed E-state index contributed by atoms with van der Waals surface area (Å²) in [7, 11) is 0. The molecule has 2 nitrogen and oxygen atoms in total. The molecular weight excluding hydrogens is 172 g/mol. The van der Waals surface area contributed by atoms with Crippen molar-refractivity contribution in [3.05, 3.63) is 35.4 Å². The molecule has 2 heteroatoms. The average molecular weight is 186 g/mol. The highest BCUT2D eigenvalue weighted by Gasteiger charge is 2.29. The summed E-state index contributed by atoms with van der Waals surface area (Å²) in [5.74, 6) is 0. The third-order valence-corrected chi connectivity index (χ3v) is 3.08. The second kappa shape index (κ2) is 3.43. The van der Waals surface area contributed by atoms with E-state index in [1.807, 2.05) is 12.1 Å². The van der Waals surface area contributed by atoms with Gasteiger partial charge in [0.2, 0.25) is 0 Å². The number of nitrogens with one attached hydrogen (secondary N) is 1. The van der Waals surface area contributed by atoms with E-state index in [1.165, 1.54) is 12.0 Å². The molecule has 72 valence electrons. The number of nitrogens with zero attached hydrogens (tertiary/aromatic N) is 1. The first-order valence-corrected chi connectivity index (χ1v) is 4.96. The largest absolute Gasteiger partial charge is 0.316 e. The minimum atomic E-state index is 0.258. The Morgan fingerprint density at radius 3 is 2.57 bits per heavy atom. The van der Waals surface area contributed by atoms with Crippen molar-refractivity contribution in [1.29, 1.82) is 5.26 Å². The van der Waals surface area contributed by atoms with E-state index >= 15 is 0 Å². The monoisotopic (exact) mass is 186 g/mol. The number of hydrogen-bond acceptors (Lipinski definition) is 2. The van der Waals surface area contributed by atoms with Crippen LogP contribution in [0.5, 0.6) is 0 Å². The lowest BCUT2D eigenvalue weighted by Crippen LogP contribution is -2.24. The minimum Gasteiger partial charge on any atom is -0.316 e. The fourth-order valence-electron chi connectivity index (χ4n) is 2.01. The molecule has 0 saturated carbocycles. The van der Waals surface area contributed by atoms with Crippen molar-refractivity contribution in [2.45, 2.75) is 18.8 Å². The maximum absolute atomic E-state index is 8.70. The third-order valence-electron chi connectivity index (χ3n) is 3.08. The van der Waals surface area contributed by atoms with Crippen molar-refractivity contribution < 1.29 is 0 Å². The first kappa shape index (κ1) is 9.23. The lowest BCUT2D eigenvalue weighted by Gasteiger charge is -2.23. The van der Waals surface area contributed by atoms with Crippen LogP contribution in [0.25, 0.3) is 0 Å². The van der Waals surface area contributed by atoms with Crippen molar-refractivity contribution >= 4 is 0 Å². The molecule has 0 aliphatic carbocycles. The molecule has 1 unspecified atom stereocenters. The van der Waals surface area contributed by atoms with Crippen molar-refractivity contribution in [2.24, 2.45) is 0 Å². The van der Waals surface area contributed by atoms with Gasteiger partial charge in [-0.2, -0.15) is 5.26 Å².